The molecule has 3 atom stereocenters. The van der Waals surface area contributed by atoms with Crippen molar-refractivity contribution in [3.05, 3.63) is 0 Å². The van der Waals surface area contributed by atoms with Crippen LogP contribution in [0.2, 0.25) is 0 Å². The van der Waals surface area contributed by atoms with Crippen LogP contribution >= 0.6 is 0 Å². The lowest BCUT2D eigenvalue weighted by molar-refractivity contribution is -0.128. The van der Waals surface area contributed by atoms with Crippen LogP contribution < -0.4 is 11.1 Å². The lowest BCUT2D eigenvalue weighted by Gasteiger charge is -2.15. The number of aliphatic hydroxyl groups is 3. The molecule has 0 spiro atoms. The highest BCUT2D eigenvalue weighted by Gasteiger charge is 2.26. The highest BCUT2D eigenvalue weighted by Crippen LogP contribution is 2.04. The molecule has 0 bridgehead atoms. The molecule has 0 aliphatic rings. The summed E-state index contributed by atoms with van der Waals surface area (Å²) in [6.45, 7) is 1.06. The molecule has 0 rings (SSSR count). The maximum absolute atomic E-state index is 11.9. The van der Waals surface area contributed by atoms with Gasteiger partial charge < -0.3 is 26.4 Å². The van der Waals surface area contributed by atoms with E-state index >= 15 is 0 Å². The third kappa shape index (κ3) is 6.87. The van der Waals surface area contributed by atoms with Crippen molar-refractivity contribution in [1.82, 2.24) is 5.32 Å². The van der Waals surface area contributed by atoms with Gasteiger partial charge in [-0.05, 0) is 33.4 Å². The van der Waals surface area contributed by atoms with E-state index in [2.05, 4.69) is 10.3 Å². The molecule has 0 aromatic rings. The molecule has 21 heavy (non-hydrogen) atoms. The van der Waals surface area contributed by atoms with Crippen LogP contribution in [0, 0.1) is 0 Å². The average molecular weight is 303 g/mol. The minimum atomic E-state index is -1.79. The van der Waals surface area contributed by atoms with Gasteiger partial charge in [-0.25, -0.2) is 4.99 Å². The number of Topliss-reactive ketones (excluding diaryl/α,β-unsaturated/α-hetero) is 1. The number of hydrogen-bond donors (Lipinski definition) is 5. The molecule has 2 unspecified atom stereocenters. The SMILES string of the molecule is CN[C@@H](CCCCN)C(=O)/N=C(\C)C(=O)C(O)C(O)CO. The molecule has 0 radical (unpaired) electrons. The molecule has 1 amide bonds. The summed E-state index contributed by atoms with van der Waals surface area (Å²) in [6.07, 6.45) is -1.31. The Morgan fingerprint density at radius 1 is 1.29 bits per heavy atom. The van der Waals surface area contributed by atoms with Crippen molar-refractivity contribution in [2.75, 3.05) is 20.2 Å². The predicted molar refractivity (Wildman–Crippen MR) is 78.0 cm³/mol. The zero-order valence-corrected chi connectivity index (χ0v) is 12.5. The van der Waals surface area contributed by atoms with Gasteiger partial charge in [0.15, 0.2) is 0 Å². The first kappa shape index (κ1) is 19.8. The number of carbonyl (C=O) groups excluding carboxylic acids is 2. The maximum Gasteiger partial charge on any atom is 0.263 e. The molecule has 0 aliphatic heterocycles. The van der Waals surface area contributed by atoms with Crippen LogP contribution in [0.5, 0.6) is 0 Å². The Morgan fingerprint density at radius 2 is 1.90 bits per heavy atom. The third-order valence-electron chi connectivity index (χ3n) is 3.05. The summed E-state index contributed by atoms with van der Waals surface area (Å²) in [6, 6.07) is -0.529. The summed E-state index contributed by atoms with van der Waals surface area (Å²) in [5, 5.41) is 30.1. The molecule has 8 nitrogen and oxygen atoms in total. The molecule has 8 heteroatoms. The van der Waals surface area contributed by atoms with Crippen molar-refractivity contribution >= 4 is 17.4 Å². The zero-order chi connectivity index (χ0) is 16.4. The number of unbranched alkanes of at least 4 members (excludes halogenated alkanes) is 1. The third-order valence-corrected chi connectivity index (χ3v) is 3.05. The van der Waals surface area contributed by atoms with Crippen molar-refractivity contribution in [2.24, 2.45) is 10.7 Å². The van der Waals surface area contributed by atoms with Gasteiger partial charge >= 0.3 is 0 Å². The largest absolute Gasteiger partial charge is 0.394 e. The molecule has 0 saturated heterocycles. The van der Waals surface area contributed by atoms with Gasteiger partial charge in [-0.2, -0.15) is 0 Å². The summed E-state index contributed by atoms with van der Waals surface area (Å²) in [5.41, 5.74) is 5.17. The first-order valence-corrected chi connectivity index (χ1v) is 6.86. The van der Waals surface area contributed by atoms with Crippen LogP contribution in [0.4, 0.5) is 0 Å². The number of ketones is 1. The van der Waals surface area contributed by atoms with Gasteiger partial charge in [0.05, 0.1) is 18.4 Å². The molecule has 6 N–H and O–H groups in total. The smallest absolute Gasteiger partial charge is 0.263 e. The topological polar surface area (TPSA) is 145 Å². The highest BCUT2D eigenvalue weighted by atomic mass is 16.4. The van der Waals surface area contributed by atoms with E-state index in [0.717, 1.165) is 12.8 Å². The fourth-order valence-electron chi connectivity index (χ4n) is 1.67. The minimum absolute atomic E-state index is 0.209. The lowest BCUT2D eigenvalue weighted by Crippen LogP contribution is -2.40. The minimum Gasteiger partial charge on any atom is -0.394 e. The van der Waals surface area contributed by atoms with Crippen molar-refractivity contribution in [1.29, 1.82) is 0 Å². The number of aliphatic imine (C=N–C) groups is 1. The van der Waals surface area contributed by atoms with Crippen molar-refractivity contribution in [3.63, 3.8) is 0 Å². The highest BCUT2D eigenvalue weighted by molar-refractivity contribution is 6.42. The summed E-state index contributed by atoms with van der Waals surface area (Å²) >= 11 is 0. The van der Waals surface area contributed by atoms with E-state index in [1.165, 1.54) is 6.92 Å². The Kier molecular flexibility index (Phi) is 9.93. The van der Waals surface area contributed by atoms with Crippen LogP contribution in [-0.4, -0.2) is 71.2 Å². The molecule has 0 heterocycles. The van der Waals surface area contributed by atoms with E-state index < -0.39 is 36.5 Å². The van der Waals surface area contributed by atoms with Crippen molar-refractivity contribution in [3.8, 4) is 0 Å². The number of hydrogen-bond acceptors (Lipinski definition) is 7. The van der Waals surface area contributed by atoms with Crippen molar-refractivity contribution < 1.29 is 24.9 Å². The number of nitrogens with zero attached hydrogens (tertiary/aromatic N) is 1. The first-order valence-electron chi connectivity index (χ1n) is 6.86. The normalized spacial score (nSPS) is 16.4. The van der Waals surface area contributed by atoms with E-state index in [9.17, 15) is 19.8 Å². The van der Waals surface area contributed by atoms with Crippen LogP contribution in [0.15, 0.2) is 4.99 Å². The number of nitrogens with one attached hydrogen (secondary N) is 1. The molecular weight excluding hydrogens is 278 g/mol. The Bertz CT molecular complexity index is 373. The standard InChI is InChI=1S/C13H25N3O5/c1-8(11(19)12(20)10(18)7-17)16-13(21)9(15-2)5-3-4-6-14/h9-10,12,15,17-18,20H,3-7,14H2,1-2H3/b16-8+/t9-,10?,12?/m0/s1. The second kappa shape index (κ2) is 10.5. The molecule has 0 aromatic heterocycles. The first-order chi connectivity index (χ1) is 9.88. The number of likely N-dealkylation sites (N-methyl/N-ethyl adjacent to an activating group) is 1. The van der Waals surface area contributed by atoms with E-state index in [0.29, 0.717) is 13.0 Å². The summed E-state index contributed by atoms with van der Waals surface area (Å²) in [5.74, 6) is -1.41. The Morgan fingerprint density at radius 3 is 2.38 bits per heavy atom. The van der Waals surface area contributed by atoms with E-state index in [1.807, 2.05) is 0 Å². The molecule has 0 aliphatic carbocycles. The molecular formula is C13H25N3O5. The Hall–Kier alpha value is -1.19. The second-order valence-electron chi connectivity index (χ2n) is 4.72. The summed E-state index contributed by atoms with van der Waals surface area (Å²) in [4.78, 5) is 27.3. The zero-order valence-electron chi connectivity index (χ0n) is 12.5. The maximum atomic E-state index is 11.9. The van der Waals surface area contributed by atoms with Crippen LogP contribution in [-0.2, 0) is 9.59 Å². The van der Waals surface area contributed by atoms with Gasteiger partial charge in [0, 0.05) is 0 Å². The summed E-state index contributed by atoms with van der Waals surface area (Å²) in [7, 11) is 1.61. The lowest BCUT2D eigenvalue weighted by atomic mass is 10.1. The van der Waals surface area contributed by atoms with Gasteiger partial charge in [-0.15, -0.1) is 0 Å². The average Bonchev–Trinajstić information content (AvgIpc) is 2.48. The van der Waals surface area contributed by atoms with Crippen LogP contribution in [0.25, 0.3) is 0 Å². The Labute approximate surface area is 124 Å². The number of aliphatic hydroxyl groups excluding tert-OH is 3. The van der Waals surface area contributed by atoms with Crippen LogP contribution in [0.3, 0.4) is 0 Å². The number of amides is 1. The quantitative estimate of drug-likeness (QED) is 0.231. The second-order valence-corrected chi connectivity index (χ2v) is 4.72. The van der Waals surface area contributed by atoms with E-state index in [1.54, 1.807) is 7.05 Å². The number of nitrogens with two attached hydrogens (primary N) is 1. The van der Waals surface area contributed by atoms with Crippen molar-refractivity contribution in [2.45, 2.75) is 44.4 Å². The van der Waals surface area contributed by atoms with Gasteiger partial charge in [-0.3, -0.25) is 9.59 Å². The predicted octanol–water partition coefficient (Wildman–Crippen LogP) is -2.03. The molecule has 122 valence electrons. The number of rotatable bonds is 10. The monoisotopic (exact) mass is 303 g/mol. The number of carbonyl (C=O) groups is 2. The van der Waals surface area contributed by atoms with Gasteiger partial charge in [-0.1, -0.05) is 6.42 Å². The fourth-order valence-corrected chi connectivity index (χ4v) is 1.67. The molecule has 0 saturated carbocycles. The van der Waals surface area contributed by atoms with Gasteiger partial charge in [0.1, 0.15) is 12.2 Å². The molecule has 0 aromatic carbocycles. The fraction of sp³-hybridized carbons (Fsp3) is 0.769. The van der Waals surface area contributed by atoms with E-state index in [4.69, 9.17) is 10.8 Å². The van der Waals surface area contributed by atoms with Gasteiger partial charge in [0.25, 0.3) is 5.91 Å². The summed E-state index contributed by atoms with van der Waals surface area (Å²) < 4.78 is 0. The molecule has 0 fully saturated rings. The van der Waals surface area contributed by atoms with E-state index in [-0.39, 0.29) is 5.71 Å². The Balaban J connectivity index is 4.71. The van der Waals surface area contributed by atoms with Gasteiger partial charge in [0.2, 0.25) is 5.78 Å². The van der Waals surface area contributed by atoms with Crippen LogP contribution in [0.1, 0.15) is 26.2 Å².